The quantitative estimate of drug-likeness (QED) is 0.748. The van der Waals surface area contributed by atoms with E-state index in [9.17, 15) is 9.90 Å². The van der Waals surface area contributed by atoms with E-state index >= 15 is 0 Å². The van der Waals surface area contributed by atoms with Crippen molar-refractivity contribution in [1.82, 2.24) is 9.88 Å². The summed E-state index contributed by atoms with van der Waals surface area (Å²) in [6.45, 7) is 0.168. The molecule has 0 unspecified atom stereocenters. The van der Waals surface area contributed by atoms with Gasteiger partial charge in [-0.15, -0.1) is 0 Å². The molecule has 2 aromatic carbocycles. The van der Waals surface area contributed by atoms with Crippen LogP contribution >= 0.6 is 11.6 Å². The second kappa shape index (κ2) is 7.07. The monoisotopic (exact) mass is 342 g/mol. The average molecular weight is 343 g/mol. The predicted octanol–water partition coefficient (Wildman–Crippen LogP) is 3.22. The number of halogens is 1. The number of nitrogens with one attached hydrogen (secondary N) is 1. The number of aliphatic hydroxyl groups excluding tert-OH is 1. The van der Waals surface area contributed by atoms with Crippen molar-refractivity contribution in [2.24, 2.45) is 7.05 Å². The van der Waals surface area contributed by atoms with Crippen molar-refractivity contribution in [2.75, 3.05) is 6.54 Å². The molecular weight excluding hydrogens is 324 g/mol. The van der Waals surface area contributed by atoms with E-state index in [1.54, 1.807) is 6.07 Å². The van der Waals surface area contributed by atoms with Gasteiger partial charge in [0.05, 0.1) is 12.5 Å². The summed E-state index contributed by atoms with van der Waals surface area (Å²) in [4.78, 5) is 12.0. The first-order chi connectivity index (χ1) is 11.5. The third kappa shape index (κ3) is 3.61. The fourth-order valence-corrected chi connectivity index (χ4v) is 2.92. The summed E-state index contributed by atoms with van der Waals surface area (Å²) in [5, 5.41) is 14.7. The Morgan fingerprint density at radius 3 is 2.83 bits per heavy atom. The van der Waals surface area contributed by atoms with Gasteiger partial charge in [0.2, 0.25) is 5.91 Å². The standard InChI is InChI=1S/C19H19ClN2O2/c1-22-9-8-14-10-15(6-7-17(14)22)18(23)12-21-19(24)11-13-4-2-3-5-16(13)20/h2-10,18,23H,11-12H2,1H3,(H,21,24)/t18-/m0/s1. The van der Waals surface area contributed by atoms with Crippen molar-refractivity contribution in [1.29, 1.82) is 0 Å². The highest BCUT2D eigenvalue weighted by molar-refractivity contribution is 6.31. The van der Waals surface area contributed by atoms with E-state index in [1.165, 1.54) is 0 Å². The fourth-order valence-electron chi connectivity index (χ4n) is 2.71. The summed E-state index contributed by atoms with van der Waals surface area (Å²) >= 11 is 6.05. The number of carbonyl (C=O) groups is 1. The Bertz CT molecular complexity index is 873. The minimum absolute atomic E-state index is 0.164. The Morgan fingerprint density at radius 1 is 1.25 bits per heavy atom. The Kier molecular flexibility index (Phi) is 4.88. The minimum Gasteiger partial charge on any atom is -0.387 e. The van der Waals surface area contributed by atoms with Crippen LogP contribution in [0.25, 0.3) is 10.9 Å². The first kappa shape index (κ1) is 16.6. The SMILES string of the molecule is Cn1ccc2cc([C@@H](O)CNC(=O)Cc3ccccc3Cl)ccc21. The Labute approximate surface area is 145 Å². The van der Waals surface area contributed by atoms with Crippen LogP contribution in [0.3, 0.4) is 0 Å². The van der Waals surface area contributed by atoms with Gasteiger partial charge in [0.15, 0.2) is 0 Å². The van der Waals surface area contributed by atoms with Crippen LogP contribution < -0.4 is 5.32 Å². The third-order valence-corrected chi connectivity index (χ3v) is 4.46. The number of hydrogen-bond acceptors (Lipinski definition) is 2. The molecule has 2 N–H and O–H groups in total. The van der Waals surface area contributed by atoms with Gasteiger partial charge < -0.3 is 15.0 Å². The van der Waals surface area contributed by atoms with Gasteiger partial charge in [-0.3, -0.25) is 4.79 Å². The highest BCUT2D eigenvalue weighted by atomic mass is 35.5. The number of amides is 1. The molecule has 0 saturated heterocycles. The Hall–Kier alpha value is -2.30. The zero-order valence-electron chi connectivity index (χ0n) is 13.4. The summed E-state index contributed by atoms with van der Waals surface area (Å²) in [5.41, 5.74) is 2.66. The van der Waals surface area contributed by atoms with Crippen LogP contribution in [0, 0.1) is 0 Å². The molecule has 0 bridgehead atoms. The molecule has 1 amide bonds. The first-order valence-corrected chi connectivity index (χ1v) is 8.15. The molecule has 24 heavy (non-hydrogen) atoms. The van der Waals surface area contributed by atoms with Gasteiger partial charge in [0.1, 0.15) is 0 Å². The van der Waals surface area contributed by atoms with Crippen LogP contribution in [-0.2, 0) is 18.3 Å². The van der Waals surface area contributed by atoms with Crippen LogP contribution in [0.5, 0.6) is 0 Å². The van der Waals surface area contributed by atoms with Crippen molar-refractivity contribution >= 4 is 28.4 Å². The number of aryl methyl sites for hydroxylation is 1. The lowest BCUT2D eigenvalue weighted by Crippen LogP contribution is -2.29. The van der Waals surface area contributed by atoms with Crippen LogP contribution in [0.2, 0.25) is 5.02 Å². The van der Waals surface area contributed by atoms with Gasteiger partial charge in [-0.25, -0.2) is 0 Å². The van der Waals surface area contributed by atoms with Gasteiger partial charge in [-0.05, 0) is 40.8 Å². The first-order valence-electron chi connectivity index (χ1n) is 7.78. The van der Waals surface area contributed by atoms with Crippen molar-refractivity contribution in [3.63, 3.8) is 0 Å². The second-order valence-corrected chi connectivity index (χ2v) is 6.24. The normalized spacial score (nSPS) is 12.3. The zero-order valence-corrected chi connectivity index (χ0v) is 14.1. The number of aliphatic hydroxyl groups is 1. The maximum Gasteiger partial charge on any atom is 0.224 e. The fraction of sp³-hybridized carbons (Fsp3) is 0.211. The molecule has 0 aliphatic rings. The van der Waals surface area contributed by atoms with Crippen LogP contribution in [0.15, 0.2) is 54.7 Å². The van der Waals surface area contributed by atoms with E-state index in [0.29, 0.717) is 5.02 Å². The number of carbonyl (C=O) groups excluding carboxylic acids is 1. The second-order valence-electron chi connectivity index (χ2n) is 5.83. The van der Waals surface area contributed by atoms with Gasteiger partial charge >= 0.3 is 0 Å². The molecule has 1 heterocycles. The molecule has 0 saturated carbocycles. The van der Waals surface area contributed by atoms with Crippen molar-refractivity contribution in [3.8, 4) is 0 Å². The number of nitrogens with zero attached hydrogens (tertiary/aromatic N) is 1. The number of benzene rings is 2. The Morgan fingerprint density at radius 2 is 2.04 bits per heavy atom. The van der Waals surface area contributed by atoms with E-state index in [4.69, 9.17) is 11.6 Å². The highest BCUT2D eigenvalue weighted by Gasteiger charge is 2.12. The van der Waals surface area contributed by atoms with Crippen molar-refractivity contribution < 1.29 is 9.90 Å². The lowest BCUT2D eigenvalue weighted by molar-refractivity contribution is -0.120. The van der Waals surface area contributed by atoms with Gasteiger partial charge in [0.25, 0.3) is 0 Å². The smallest absolute Gasteiger partial charge is 0.224 e. The molecule has 124 valence electrons. The van der Waals surface area contributed by atoms with Crippen LogP contribution in [0.1, 0.15) is 17.2 Å². The average Bonchev–Trinajstić information content (AvgIpc) is 2.95. The lowest BCUT2D eigenvalue weighted by atomic mass is 10.1. The zero-order chi connectivity index (χ0) is 17.1. The minimum atomic E-state index is -0.746. The predicted molar refractivity (Wildman–Crippen MR) is 96.0 cm³/mol. The number of hydrogen-bond donors (Lipinski definition) is 2. The maximum absolute atomic E-state index is 12.0. The summed E-state index contributed by atoms with van der Waals surface area (Å²) in [6.07, 6.45) is 1.43. The molecule has 1 atom stereocenters. The topological polar surface area (TPSA) is 54.3 Å². The van der Waals surface area contributed by atoms with E-state index in [0.717, 1.165) is 22.0 Å². The summed E-state index contributed by atoms with van der Waals surface area (Å²) in [7, 11) is 1.98. The molecule has 4 nitrogen and oxygen atoms in total. The van der Waals surface area contributed by atoms with E-state index in [2.05, 4.69) is 5.32 Å². The summed E-state index contributed by atoms with van der Waals surface area (Å²) in [6, 6.07) is 15.1. The van der Waals surface area contributed by atoms with Crippen molar-refractivity contribution in [2.45, 2.75) is 12.5 Å². The van der Waals surface area contributed by atoms with E-state index in [-0.39, 0.29) is 18.9 Å². The van der Waals surface area contributed by atoms with E-state index < -0.39 is 6.10 Å². The molecule has 0 aliphatic carbocycles. The molecule has 3 rings (SSSR count). The highest BCUT2D eigenvalue weighted by Crippen LogP contribution is 2.21. The molecule has 0 fully saturated rings. The van der Waals surface area contributed by atoms with E-state index in [1.807, 2.05) is 60.3 Å². The van der Waals surface area contributed by atoms with Gasteiger partial charge in [0, 0.05) is 30.3 Å². The van der Waals surface area contributed by atoms with Gasteiger partial charge in [-0.2, -0.15) is 0 Å². The number of fused-ring (bicyclic) bond motifs is 1. The summed E-state index contributed by atoms with van der Waals surface area (Å²) < 4.78 is 2.02. The molecule has 5 heteroatoms. The molecule has 1 aromatic heterocycles. The molecular formula is C19H19ClN2O2. The molecule has 0 aliphatic heterocycles. The summed E-state index contributed by atoms with van der Waals surface area (Å²) in [5.74, 6) is -0.164. The lowest BCUT2D eigenvalue weighted by Gasteiger charge is -2.13. The maximum atomic E-state index is 12.0. The third-order valence-electron chi connectivity index (χ3n) is 4.10. The number of rotatable bonds is 5. The molecule has 0 spiro atoms. The van der Waals surface area contributed by atoms with Crippen molar-refractivity contribution in [3.05, 3.63) is 70.9 Å². The van der Waals surface area contributed by atoms with Gasteiger partial charge in [-0.1, -0.05) is 35.9 Å². The largest absolute Gasteiger partial charge is 0.387 e. The van der Waals surface area contributed by atoms with Crippen LogP contribution in [0.4, 0.5) is 0 Å². The molecule has 3 aromatic rings. The Balaban J connectivity index is 1.60. The van der Waals surface area contributed by atoms with Crippen LogP contribution in [-0.4, -0.2) is 22.1 Å². The number of aromatic nitrogens is 1. The molecule has 0 radical (unpaired) electrons.